The molecule has 0 aromatic heterocycles. The van der Waals surface area contributed by atoms with Crippen LogP contribution in [0.5, 0.6) is 23.0 Å². The van der Waals surface area contributed by atoms with Crippen LogP contribution in [0.25, 0.3) is 0 Å². The minimum absolute atomic E-state index is 0.477. The monoisotopic (exact) mass is 455 g/mol. The summed E-state index contributed by atoms with van der Waals surface area (Å²) in [6, 6.07) is 19.9. The molecule has 4 rings (SSSR count). The number of rotatable bonds is 7. The lowest BCUT2D eigenvalue weighted by Gasteiger charge is -2.19. The molecule has 1 heterocycles. The number of fused-ring (bicyclic) bond motifs is 1. The van der Waals surface area contributed by atoms with Crippen LogP contribution in [0.4, 0.5) is 5.69 Å². The van der Waals surface area contributed by atoms with E-state index in [0.717, 1.165) is 32.8 Å². The van der Waals surface area contributed by atoms with E-state index in [2.05, 4.69) is 21.2 Å². The smallest absolute Gasteiger partial charge is 0.175 e. The van der Waals surface area contributed by atoms with Crippen molar-refractivity contribution >= 4 is 21.6 Å². The average molecular weight is 456 g/mol. The third-order valence-corrected chi connectivity index (χ3v) is 5.14. The zero-order chi connectivity index (χ0) is 20.1. The predicted octanol–water partition coefficient (Wildman–Crippen LogP) is 5.42. The maximum atomic E-state index is 6.00. The second kappa shape index (κ2) is 9.09. The maximum Gasteiger partial charge on any atom is 0.175 e. The largest absolute Gasteiger partial charge is 0.493 e. The Labute approximate surface area is 178 Å². The summed E-state index contributed by atoms with van der Waals surface area (Å²) in [5.41, 5.74) is 3.13. The molecule has 0 aliphatic carbocycles. The van der Waals surface area contributed by atoms with Crippen molar-refractivity contribution < 1.29 is 18.9 Å². The van der Waals surface area contributed by atoms with Crippen molar-refractivity contribution in [3.63, 3.8) is 0 Å². The minimum Gasteiger partial charge on any atom is -0.493 e. The standard InChI is InChI=1S/C23H22BrNO4/c1-26-22-12-17(11-19(24)23(22)29-15-16-5-3-2-4-6-16)14-25-18-7-8-20-21(13-18)28-10-9-27-20/h2-8,11-13,25H,9-10,14-15H2,1H3. The Hall–Kier alpha value is -2.86. The highest BCUT2D eigenvalue weighted by Crippen LogP contribution is 2.38. The molecule has 0 amide bonds. The van der Waals surface area contributed by atoms with E-state index < -0.39 is 0 Å². The molecule has 0 unspecified atom stereocenters. The van der Waals surface area contributed by atoms with Crippen LogP contribution in [-0.2, 0) is 13.2 Å². The average Bonchev–Trinajstić information content (AvgIpc) is 2.77. The first-order valence-electron chi connectivity index (χ1n) is 9.39. The number of ether oxygens (including phenoxy) is 4. The summed E-state index contributed by atoms with van der Waals surface area (Å²) in [4.78, 5) is 0. The van der Waals surface area contributed by atoms with Gasteiger partial charge in [-0.3, -0.25) is 0 Å². The number of halogens is 1. The van der Waals surface area contributed by atoms with Gasteiger partial charge >= 0.3 is 0 Å². The number of nitrogens with one attached hydrogen (secondary N) is 1. The highest BCUT2D eigenvalue weighted by Gasteiger charge is 2.14. The molecule has 29 heavy (non-hydrogen) atoms. The summed E-state index contributed by atoms with van der Waals surface area (Å²) < 4.78 is 23.6. The third-order valence-electron chi connectivity index (χ3n) is 4.55. The van der Waals surface area contributed by atoms with Gasteiger partial charge in [0.15, 0.2) is 23.0 Å². The fraction of sp³-hybridized carbons (Fsp3) is 0.217. The lowest BCUT2D eigenvalue weighted by Crippen LogP contribution is -2.15. The van der Waals surface area contributed by atoms with E-state index in [1.165, 1.54) is 0 Å². The zero-order valence-electron chi connectivity index (χ0n) is 16.1. The fourth-order valence-electron chi connectivity index (χ4n) is 3.10. The van der Waals surface area contributed by atoms with Gasteiger partial charge in [0.25, 0.3) is 0 Å². The van der Waals surface area contributed by atoms with Crippen molar-refractivity contribution in [3.05, 3.63) is 76.3 Å². The molecule has 0 atom stereocenters. The summed E-state index contributed by atoms with van der Waals surface area (Å²) in [7, 11) is 1.65. The van der Waals surface area contributed by atoms with Crippen LogP contribution in [0, 0.1) is 0 Å². The predicted molar refractivity (Wildman–Crippen MR) is 116 cm³/mol. The van der Waals surface area contributed by atoms with Crippen molar-refractivity contribution in [2.45, 2.75) is 13.2 Å². The maximum absolute atomic E-state index is 6.00. The SMILES string of the molecule is COc1cc(CNc2ccc3c(c2)OCCO3)cc(Br)c1OCc1ccccc1. The number of hydrogen-bond acceptors (Lipinski definition) is 5. The van der Waals surface area contributed by atoms with Gasteiger partial charge in [-0.15, -0.1) is 0 Å². The van der Waals surface area contributed by atoms with Crippen molar-refractivity contribution in [1.82, 2.24) is 0 Å². The molecule has 150 valence electrons. The summed E-state index contributed by atoms with van der Waals surface area (Å²) in [5.74, 6) is 2.93. The molecular weight excluding hydrogens is 434 g/mol. The van der Waals surface area contributed by atoms with Crippen LogP contribution in [0.1, 0.15) is 11.1 Å². The molecule has 1 aliphatic heterocycles. The molecule has 0 saturated heterocycles. The highest BCUT2D eigenvalue weighted by molar-refractivity contribution is 9.10. The van der Waals surface area contributed by atoms with Gasteiger partial charge in [-0.1, -0.05) is 30.3 Å². The van der Waals surface area contributed by atoms with Crippen molar-refractivity contribution in [2.75, 3.05) is 25.6 Å². The van der Waals surface area contributed by atoms with Gasteiger partial charge < -0.3 is 24.3 Å². The first kappa shape index (κ1) is 19.5. The van der Waals surface area contributed by atoms with E-state index >= 15 is 0 Å². The Morgan fingerprint density at radius 2 is 1.72 bits per heavy atom. The van der Waals surface area contributed by atoms with E-state index in [1.807, 2.05) is 60.7 Å². The first-order valence-corrected chi connectivity index (χ1v) is 10.2. The van der Waals surface area contributed by atoms with E-state index in [1.54, 1.807) is 7.11 Å². The van der Waals surface area contributed by atoms with Gasteiger partial charge in [0, 0.05) is 18.3 Å². The Balaban J connectivity index is 1.45. The van der Waals surface area contributed by atoms with Crippen molar-refractivity contribution in [2.24, 2.45) is 0 Å². The van der Waals surface area contributed by atoms with Crippen molar-refractivity contribution in [3.8, 4) is 23.0 Å². The van der Waals surface area contributed by atoms with Crippen LogP contribution >= 0.6 is 15.9 Å². The van der Waals surface area contributed by atoms with Gasteiger partial charge in [-0.05, 0) is 51.3 Å². The Kier molecular flexibility index (Phi) is 6.10. The molecule has 3 aromatic carbocycles. The quantitative estimate of drug-likeness (QED) is 0.515. The summed E-state index contributed by atoms with van der Waals surface area (Å²) >= 11 is 3.62. The summed E-state index contributed by atoms with van der Waals surface area (Å²) in [5, 5.41) is 3.41. The molecule has 6 heteroatoms. The van der Waals surface area contributed by atoms with Crippen LogP contribution in [-0.4, -0.2) is 20.3 Å². The highest BCUT2D eigenvalue weighted by atomic mass is 79.9. The number of methoxy groups -OCH3 is 1. The second-order valence-corrected chi connectivity index (χ2v) is 7.45. The number of hydrogen-bond donors (Lipinski definition) is 1. The molecule has 5 nitrogen and oxygen atoms in total. The van der Waals surface area contributed by atoms with Gasteiger partial charge in [0.1, 0.15) is 19.8 Å². The molecular formula is C23H22BrNO4. The number of benzene rings is 3. The van der Waals surface area contributed by atoms with Crippen LogP contribution in [0.15, 0.2) is 65.1 Å². The lowest BCUT2D eigenvalue weighted by molar-refractivity contribution is 0.171. The van der Waals surface area contributed by atoms with E-state index in [4.69, 9.17) is 18.9 Å². The molecule has 0 spiro atoms. The van der Waals surface area contributed by atoms with Crippen molar-refractivity contribution in [1.29, 1.82) is 0 Å². The lowest BCUT2D eigenvalue weighted by atomic mass is 10.2. The van der Waals surface area contributed by atoms with E-state index in [0.29, 0.717) is 37.9 Å². The van der Waals surface area contributed by atoms with E-state index in [-0.39, 0.29) is 0 Å². The summed E-state index contributed by atoms with van der Waals surface area (Å²) in [6.45, 7) is 2.27. The zero-order valence-corrected chi connectivity index (χ0v) is 17.7. The molecule has 0 bridgehead atoms. The topological polar surface area (TPSA) is 49.0 Å². The molecule has 1 aliphatic rings. The van der Waals surface area contributed by atoms with E-state index in [9.17, 15) is 0 Å². The molecule has 0 fully saturated rings. The minimum atomic E-state index is 0.477. The molecule has 3 aromatic rings. The second-order valence-electron chi connectivity index (χ2n) is 6.60. The molecule has 0 radical (unpaired) electrons. The first-order chi connectivity index (χ1) is 14.2. The van der Waals surface area contributed by atoms with Crippen LogP contribution in [0.2, 0.25) is 0 Å². The van der Waals surface area contributed by atoms with Gasteiger partial charge in [-0.25, -0.2) is 0 Å². The third kappa shape index (κ3) is 4.77. The Morgan fingerprint density at radius 3 is 2.52 bits per heavy atom. The Morgan fingerprint density at radius 1 is 0.931 bits per heavy atom. The number of anilines is 1. The summed E-state index contributed by atoms with van der Waals surface area (Å²) in [6.07, 6.45) is 0. The van der Waals surface area contributed by atoms with Gasteiger partial charge in [0.2, 0.25) is 0 Å². The van der Waals surface area contributed by atoms with Gasteiger partial charge in [-0.2, -0.15) is 0 Å². The molecule has 1 N–H and O–H groups in total. The Bertz CT molecular complexity index is 978. The van der Waals surface area contributed by atoms with Gasteiger partial charge in [0.05, 0.1) is 11.6 Å². The van der Waals surface area contributed by atoms with Crippen LogP contribution in [0.3, 0.4) is 0 Å². The van der Waals surface area contributed by atoms with Crippen LogP contribution < -0.4 is 24.3 Å². The molecule has 0 saturated carbocycles. The normalized spacial score (nSPS) is 12.3. The fourth-order valence-corrected chi connectivity index (χ4v) is 3.71.